The molecule has 5 heteroatoms. The molecule has 1 aliphatic rings. The Labute approximate surface area is 160 Å². The lowest BCUT2D eigenvalue weighted by atomic mass is 10.1. The van der Waals surface area contributed by atoms with Crippen molar-refractivity contribution in [2.75, 3.05) is 27.2 Å². The summed E-state index contributed by atoms with van der Waals surface area (Å²) in [7, 11) is 3.45. The van der Waals surface area contributed by atoms with Gasteiger partial charge in [-0.1, -0.05) is 42.5 Å². The van der Waals surface area contributed by atoms with E-state index >= 15 is 0 Å². The second kappa shape index (κ2) is 8.71. The highest BCUT2D eigenvalue weighted by Gasteiger charge is 2.35. The van der Waals surface area contributed by atoms with Crippen molar-refractivity contribution in [1.29, 1.82) is 0 Å². The minimum atomic E-state index is -0.248. The van der Waals surface area contributed by atoms with E-state index in [1.807, 2.05) is 59.5 Å². The number of rotatable bonds is 7. The Hall–Kier alpha value is -2.82. The van der Waals surface area contributed by atoms with E-state index in [0.717, 1.165) is 23.3 Å². The van der Waals surface area contributed by atoms with Gasteiger partial charge in [-0.25, -0.2) is 0 Å². The summed E-state index contributed by atoms with van der Waals surface area (Å²) in [5, 5.41) is 0. The highest BCUT2D eigenvalue weighted by Crippen LogP contribution is 2.21. The molecule has 0 spiro atoms. The fourth-order valence-electron chi connectivity index (χ4n) is 3.46. The van der Waals surface area contributed by atoms with E-state index in [4.69, 9.17) is 4.74 Å². The molecular formula is C22H26N2O3. The van der Waals surface area contributed by atoms with E-state index < -0.39 is 0 Å². The zero-order valence-electron chi connectivity index (χ0n) is 15.9. The molecule has 0 N–H and O–H groups in total. The van der Waals surface area contributed by atoms with E-state index in [-0.39, 0.29) is 17.7 Å². The Morgan fingerprint density at radius 1 is 1.11 bits per heavy atom. The van der Waals surface area contributed by atoms with Gasteiger partial charge < -0.3 is 14.5 Å². The molecule has 0 aromatic heterocycles. The van der Waals surface area contributed by atoms with Crippen LogP contribution < -0.4 is 4.74 Å². The van der Waals surface area contributed by atoms with Gasteiger partial charge in [0.15, 0.2) is 0 Å². The van der Waals surface area contributed by atoms with Crippen LogP contribution in [-0.2, 0) is 22.6 Å². The molecule has 2 aromatic rings. The van der Waals surface area contributed by atoms with Crippen molar-refractivity contribution in [3.8, 4) is 5.75 Å². The van der Waals surface area contributed by atoms with E-state index in [2.05, 4.69) is 0 Å². The molecule has 1 unspecified atom stereocenters. The Morgan fingerprint density at radius 2 is 1.81 bits per heavy atom. The lowest BCUT2D eigenvalue weighted by Crippen LogP contribution is -2.34. The first-order valence-electron chi connectivity index (χ1n) is 9.26. The van der Waals surface area contributed by atoms with Gasteiger partial charge in [0, 0.05) is 33.1 Å². The van der Waals surface area contributed by atoms with Crippen LogP contribution in [0, 0.1) is 5.92 Å². The Kier molecular flexibility index (Phi) is 6.12. The first kappa shape index (κ1) is 19.0. The SMILES string of the molecule is COc1ccc(CCN2CC(C(=O)N(C)Cc3ccccc3)CC2=O)cc1. The topological polar surface area (TPSA) is 49.9 Å². The maximum Gasteiger partial charge on any atom is 0.228 e. The van der Waals surface area contributed by atoms with Crippen LogP contribution >= 0.6 is 0 Å². The Morgan fingerprint density at radius 3 is 2.48 bits per heavy atom. The monoisotopic (exact) mass is 366 g/mol. The van der Waals surface area contributed by atoms with Crippen molar-refractivity contribution < 1.29 is 14.3 Å². The van der Waals surface area contributed by atoms with Gasteiger partial charge in [-0.3, -0.25) is 9.59 Å². The molecule has 3 rings (SSSR count). The number of likely N-dealkylation sites (tertiary alicyclic amines) is 1. The van der Waals surface area contributed by atoms with Crippen LogP contribution in [0.25, 0.3) is 0 Å². The van der Waals surface area contributed by atoms with E-state index in [1.54, 1.807) is 19.1 Å². The average Bonchev–Trinajstić information content (AvgIpc) is 3.07. The van der Waals surface area contributed by atoms with Crippen molar-refractivity contribution in [1.82, 2.24) is 9.80 Å². The van der Waals surface area contributed by atoms with Crippen LogP contribution in [0.2, 0.25) is 0 Å². The molecule has 2 amide bonds. The first-order valence-corrected chi connectivity index (χ1v) is 9.26. The van der Waals surface area contributed by atoms with Gasteiger partial charge in [0.25, 0.3) is 0 Å². The van der Waals surface area contributed by atoms with Gasteiger partial charge in [0.2, 0.25) is 11.8 Å². The third kappa shape index (κ3) is 4.88. The summed E-state index contributed by atoms with van der Waals surface area (Å²) >= 11 is 0. The van der Waals surface area contributed by atoms with Gasteiger partial charge in [-0.15, -0.1) is 0 Å². The zero-order valence-corrected chi connectivity index (χ0v) is 15.9. The lowest BCUT2D eigenvalue weighted by molar-refractivity contribution is -0.135. The summed E-state index contributed by atoms with van der Waals surface area (Å²) in [6.07, 6.45) is 1.08. The molecule has 5 nitrogen and oxygen atoms in total. The summed E-state index contributed by atoms with van der Waals surface area (Å²) in [6.45, 7) is 1.71. The van der Waals surface area contributed by atoms with Crippen molar-refractivity contribution in [2.24, 2.45) is 5.92 Å². The van der Waals surface area contributed by atoms with Crippen molar-refractivity contribution in [2.45, 2.75) is 19.4 Å². The third-order valence-corrected chi connectivity index (χ3v) is 5.03. The normalized spacial score (nSPS) is 16.4. The molecule has 0 radical (unpaired) electrons. The van der Waals surface area contributed by atoms with Crippen LogP contribution in [0.1, 0.15) is 17.5 Å². The predicted molar refractivity (Wildman–Crippen MR) is 104 cm³/mol. The molecule has 27 heavy (non-hydrogen) atoms. The number of amides is 2. The molecule has 1 aliphatic heterocycles. The fourth-order valence-corrected chi connectivity index (χ4v) is 3.46. The number of carbonyl (C=O) groups is 2. The number of hydrogen-bond donors (Lipinski definition) is 0. The Bertz CT molecular complexity index is 774. The molecule has 1 fully saturated rings. The van der Waals surface area contributed by atoms with E-state index in [9.17, 15) is 9.59 Å². The van der Waals surface area contributed by atoms with Crippen LogP contribution in [0.15, 0.2) is 54.6 Å². The maximum absolute atomic E-state index is 12.7. The van der Waals surface area contributed by atoms with Gasteiger partial charge >= 0.3 is 0 Å². The van der Waals surface area contributed by atoms with Crippen molar-refractivity contribution >= 4 is 11.8 Å². The number of carbonyl (C=O) groups excluding carboxylic acids is 2. The third-order valence-electron chi connectivity index (χ3n) is 5.03. The van der Waals surface area contributed by atoms with Crippen LogP contribution in [0.4, 0.5) is 0 Å². The quantitative estimate of drug-likeness (QED) is 0.757. The van der Waals surface area contributed by atoms with Crippen molar-refractivity contribution in [3.05, 3.63) is 65.7 Å². The van der Waals surface area contributed by atoms with Crippen LogP contribution in [-0.4, -0.2) is 48.9 Å². The molecule has 2 aromatic carbocycles. The molecule has 1 saturated heterocycles. The standard InChI is InChI=1S/C22H26N2O3/c1-23(15-18-6-4-3-5-7-18)22(26)19-14-21(25)24(16-19)13-12-17-8-10-20(27-2)11-9-17/h3-11,19H,12-16H2,1-2H3. The summed E-state index contributed by atoms with van der Waals surface area (Å²) in [6, 6.07) is 17.8. The minimum Gasteiger partial charge on any atom is -0.497 e. The first-order chi connectivity index (χ1) is 13.1. The number of ether oxygens (including phenoxy) is 1. The molecule has 142 valence electrons. The van der Waals surface area contributed by atoms with Crippen LogP contribution in [0.5, 0.6) is 5.75 Å². The van der Waals surface area contributed by atoms with Gasteiger partial charge in [0.1, 0.15) is 5.75 Å². The maximum atomic E-state index is 12.7. The highest BCUT2D eigenvalue weighted by atomic mass is 16.5. The molecule has 0 bridgehead atoms. The smallest absolute Gasteiger partial charge is 0.228 e. The zero-order chi connectivity index (χ0) is 19.2. The van der Waals surface area contributed by atoms with Crippen LogP contribution in [0.3, 0.4) is 0 Å². The lowest BCUT2D eigenvalue weighted by Gasteiger charge is -2.21. The molecule has 1 atom stereocenters. The molecular weight excluding hydrogens is 340 g/mol. The number of nitrogens with zero attached hydrogens (tertiary/aromatic N) is 2. The van der Waals surface area contributed by atoms with Gasteiger partial charge in [-0.2, -0.15) is 0 Å². The van der Waals surface area contributed by atoms with Gasteiger partial charge in [0.05, 0.1) is 13.0 Å². The Balaban J connectivity index is 1.52. The summed E-state index contributed by atoms with van der Waals surface area (Å²) in [5.41, 5.74) is 2.24. The second-order valence-electron chi connectivity index (χ2n) is 7.02. The summed E-state index contributed by atoms with van der Waals surface area (Å²) < 4.78 is 5.16. The van der Waals surface area contributed by atoms with Crippen molar-refractivity contribution in [3.63, 3.8) is 0 Å². The highest BCUT2D eigenvalue weighted by molar-refractivity contribution is 5.89. The second-order valence-corrected chi connectivity index (χ2v) is 7.02. The predicted octanol–water partition coefficient (Wildman–Crippen LogP) is 2.74. The number of methoxy groups -OCH3 is 1. The largest absolute Gasteiger partial charge is 0.497 e. The van der Waals surface area contributed by atoms with E-state index in [1.165, 1.54) is 0 Å². The number of benzene rings is 2. The van der Waals surface area contributed by atoms with Gasteiger partial charge in [-0.05, 0) is 29.7 Å². The molecule has 0 saturated carbocycles. The summed E-state index contributed by atoms with van der Waals surface area (Å²) in [4.78, 5) is 28.6. The van der Waals surface area contributed by atoms with E-state index in [0.29, 0.717) is 26.1 Å². The fraction of sp³-hybridized carbons (Fsp3) is 0.364. The molecule has 1 heterocycles. The summed E-state index contributed by atoms with van der Waals surface area (Å²) in [5.74, 6) is 0.680. The average molecular weight is 366 g/mol. The molecule has 0 aliphatic carbocycles. The number of hydrogen-bond acceptors (Lipinski definition) is 3. The minimum absolute atomic E-state index is 0.0409.